The highest BCUT2D eigenvalue weighted by molar-refractivity contribution is 7.91. The standard InChI is InChI=1S/C13H8N2O7S/c16-8-9-3-1-2-4-12(9)23(21,22)13-6-5-10(14(17)18)7-11(13)15(19)20/h1-8H. The van der Waals surface area contributed by atoms with E-state index in [0.29, 0.717) is 12.4 Å². The van der Waals surface area contributed by atoms with Gasteiger partial charge in [0.1, 0.15) is 4.90 Å². The van der Waals surface area contributed by atoms with Gasteiger partial charge in [0.15, 0.2) is 6.29 Å². The van der Waals surface area contributed by atoms with Crippen LogP contribution in [0.1, 0.15) is 10.4 Å². The number of nitro groups is 2. The molecule has 0 aliphatic rings. The number of sulfone groups is 1. The normalized spacial score (nSPS) is 11.0. The van der Waals surface area contributed by atoms with Gasteiger partial charge < -0.3 is 0 Å². The van der Waals surface area contributed by atoms with E-state index in [9.17, 15) is 33.4 Å². The van der Waals surface area contributed by atoms with Gasteiger partial charge in [-0.05, 0) is 12.1 Å². The quantitative estimate of drug-likeness (QED) is 0.463. The number of carbonyl (C=O) groups is 1. The van der Waals surface area contributed by atoms with Crippen molar-refractivity contribution in [3.05, 3.63) is 68.3 Å². The molecular weight excluding hydrogens is 328 g/mol. The molecule has 23 heavy (non-hydrogen) atoms. The molecule has 0 spiro atoms. The summed E-state index contributed by atoms with van der Waals surface area (Å²) in [5.41, 5.74) is -1.71. The molecule has 0 unspecified atom stereocenters. The molecule has 0 aliphatic carbocycles. The number of aldehydes is 1. The van der Waals surface area contributed by atoms with Crippen LogP contribution in [0, 0.1) is 20.2 Å². The van der Waals surface area contributed by atoms with E-state index < -0.39 is 40.8 Å². The predicted molar refractivity (Wildman–Crippen MR) is 77.0 cm³/mol. The zero-order valence-corrected chi connectivity index (χ0v) is 12.1. The summed E-state index contributed by atoms with van der Waals surface area (Å²) in [7, 11) is -4.40. The second-order valence-electron chi connectivity index (χ2n) is 4.33. The molecule has 0 aliphatic heterocycles. The Morgan fingerprint density at radius 2 is 1.57 bits per heavy atom. The third-order valence-electron chi connectivity index (χ3n) is 2.98. The van der Waals surface area contributed by atoms with Crippen molar-refractivity contribution in [3.8, 4) is 0 Å². The first kappa shape index (κ1) is 16.2. The van der Waals surface area contributed by atoms with Crippen molar-refractivity contribution in [2.45, 2.75) is 9.79 Å². The highest BCUT2D eigenvalue weighted by Crippen LogP contribution is 2.33. The third kappa shape index (κ3) is 2.92. The molecule has 0 N–H and O–H groups in total. The summed E-state index contributed by atoms with van der Waals surface area (Å²) in [5.74, 6) is 0. The largest absolute Gasteiger partial charge is 0.298 e. The average Bonchev–Trinajstić information content (AvgIpc) is 2.54. The fourth-order valence-corrected chi connectivity index (χ4v) is 3.51. The lowest BCUT2D eigenvalue weighted by Gasteiger charge is -2.07. The highest BCUT2D eigenvalue weighted by Gasteiger charge is 2.31. The van der Waals surface area contributed by atoms with Gasteiger partial charge in [-0.3, -0.25) is 25.0 Å². The van der Waals surface area contributed by atoms with Crippen molar-refractivity contribution >= 4 is 27.5 Å². The minimum atomic E-state index is -4.40. The van der Waals surface area contributed by atoms with Crippen LogP contribution < -0.4 is 0 Å². The Kier molecular flexibility index (Phi) is 4.18. The number of hydrogen-bond acceptors (Lipinski definition) is 7. The van der Waals surface area contributed by atoms with E-state index in [0.717, 1.165) is 18.2 Å². The van der Waals surface area contributed by atoms with Gasteiger partial charge in [-0.15, -0.1) is 0 Å². The van der Waals surface area contributed by atoms with Crippen molar-refractivity contribution < 1.29 is 23.1 Å². The van der Waals surface area contributed by atoms with Crippen LogP contribution in [-0.2, 0) is 9.84 Å². The van der Waals surface area contributed by atoms with Crippen molar-refractivity contribution in [1.82, 2.24) is 0 Å². The Hall–Kier alpha value is -3.14. The number of hydrogen-bond donors (Lipinski definition) is 0. The van der Waals surface area contributed by atoms with Crippen LogP contribution in [0.25, 0.3) is 0 Å². The topological polar surface area (TPSA) is 137 Å². The van der Waals surface area contributed by atoms with Gasteiger partial charge in [0.05, 0.1) is 20.8 Å². The third-order valence-corrected chi connectivity index (χ3v) is 4.85. The maximum absolute atomic E-state index is 12.6. The zero-order chi connectivity index (χ0) is 17.2. The number of nitro benzene ring substituents is 2. The van der Waals surface area contributed by atoms with E-state index in [1.54, 1.807) is 0 Å². The van der Waals surface area contributed by atoms with E-state index in [2.05, 4.69) is 0 Å². The number of carbonyl (C=O) groups excluding carboxylic acids is 1. The van der Waals surface area contributed by atoms with Gasteiger partial charge in [-0.25, -0.2) is 8.42 Å². The Bertz CT molecular complexity index is 922. The van der Waals surface area contributed by atoms with Crippen LogP contribution in [0.2, 0.25) is 0 Å². The molecule has 0 heterocycles. The van der Waals surface area contributed by atoms with Crippen molar-refractivity contribution in [2.75, 3.05) is 0 Å². The molecule has 0 fully saturated rings. The van der Waals surface area contributed by atoms with Gasteiger partial charge in [-0.2, -0.15) is 0 Å². The molecule has 0 amide bonds. The maximum Gasteiger partial charge on any atom is 0.295 e. The van der Waals surface area contributed by atoms with Crippen LogP contribution >= 0.6 is 0 Å². The summed E-state index contributed by atoms with van der Waals surface area (Å²) >= 11 is 0. The maximum atomic E-state index is 12.6. The molecular formula is C13H8N2O7S. The molecule has 0 saturated heterocycles. The SMILES string of the molecule is O=Cc1ccccc1S(=O)(=O)c1ccc([N+](=O)[O-])cc1[N+](=O)[O-]. The summed E-state index contributed by atoms with van der Waals surface area (Å²) in [5, 5.41) is 21.8. The molecule has 2 aromatic rings. The van der Waals surface area contributed by atoms with Crippen LogP contribution in [0.15, 0.2) is 52.3 Å². The first-order valence-corrected chi connectivity index (χ1v) is 7.49. The molecule has 10 heteroatoms. The monoisotopic (exact) mass is 336 g/mol. The lowest BCUT2D eigenvalue weighted by molar-refractivity contribution is -0.396. The minimum absolute atomic E-state index is 0.167. The van der Waals surface area contributed by atoms with Gasteiger partial charge in [0.25, 0.3) is 11.4 Å². The van der Waals surface area contributed by atoms with Gasteiger partial charge in [-0.1, -0.05) is 18.2 Å². The van der Waals surface area contributed by atoms with E-state index in [1.807, 2.05) is 0 Å². The summed E-state index contributed by atoms with van der Waals surface area (Å²) in [6.07, 6.45) is 0.310. The number of non-ortho nitro benzene ring substituents is 1. The van der Waals surface area contributed by atoms with Crippen molar-refractivity contribution in [3.63, 3.8) is 0 Å². The molecule has 118 valence electrons. The van der Waals surface area contributed by atoms with E-state index in [4.69, 9.17) is 0 Å². The summed E-state index contributed by atoms with van der Waals surface area (Å²) in [4.78, 5) is 29.7. The van der Waals surface area contributed by atoms with Crippen molar-refractivity contribution in [1.29, 1.82) is 0 Å². The smallest absolute Gasteiger partial charge is 0.295 e. The second kappa shape index (κ2) is 5.93. The first-order chi connectivity index (χ1) is 10.8. The molecule has 9 nitrogen and oxygen atoms in total. The number of benzene rings is 2. The fourth-order valence-electron chi connectivity index (χ4n) is 1.93. The van der Waals surface area contributed by atoms with Crippen LogP contribution in [0.5, 0.6) is 0 Å². The Balaban J connectivity index is 2.76. The van der Waals surface area contributed by atoms with Crippen LogP contribution in [0.3, 0.4) is 0 Å². The van der Waals surface area contributed by atoms with E-state index in [1.165, 1.54) is 18.2 Å². The van der Waals surface area contributed by atoms with Crippen LogP contribution in [-0.4, -0.2) is 24.6 Å². The Morgan fingerprint density at radius 3 is 2.13 bits per heavy atom. The molecule has 0 saturated carbocycles. The van der Waals surface area contributed by atoms with Gasteiger partial charge >= 0.3 is 0 Å². The first-order valence-electron chi connectivity index (χ1n) is 6.01. The van der Waals surface area contributed by atoms with Crippen LogP contribution in [0.4, 0.5) is 11.4 Å². The predicted octanol–water partition coefficient (Wildman–Crippen LogP) is 2.15. The minimum Gasteiger partial charge on any atom is -0.298 e. The van der Waals surface area contributed by atoms with Crippen molar-refractivity contribution in [2.24, 2.45) is 0 Å². The molecule has 0 atom stereocenters. The Morgan fingerprint density at radius 1 is 0.913 bits per heavy atom. The summed E-state index contributed by atoms with van der Waals surface area (Å²) < 4.78 is 25.2. The van der Waals surface area contributed by atoms with Gasteiger partial charge in [0, 0.05) is 11.6 Å². The van der Waals surface area contributed by atoms with E-state index >= 15 is 0 Å². The molecule has 0 bridgehead atoms. The Labute approximate surface area is 129 Å². The number of rotatable bonds is 5. The molecule has 2 aromatic carbocycles. The molecule has 2 rings (SSSR count). The van der Waals surface area contributed by atoms with E-state index in [-0.39, 0.29) is 5.56 Å². The molecule has 0 aromatic heterocycles. The van der Waals surface area contributed by atoms with Gasteiger partial charge in [0.2, 0.25) is 9.84 Å². The molecule has 0 radical (unpaired) electrons. The highest BCUT2D eigenvalue weighted by atomic mass is 32.2. The number of nitrogens with zero attached hydrogens (tertiary/aromatic N) is 2. The fraction of sp³-hybridized carbons (Fsp3) is 0. The summed E-state index contributed by atoms with van der Waals surface area (Å²) in [6.45, 7) is 0. The average molecular weight is 336 g/mol. The zero-order valence-electron chi connectivity index (χ0n) is 11.3. The lowest BCUT2D eigenvalue weighted by atomic mass is 10.2. The second-order valence-corrected chi connectivity index (χ2v) is 6.21. The summed E-state index contributed by atoms with van der Waals surface area (Å²) in [6, 6.07) is 7.37. The lowest BCUT2D eigenvalue weighted by Crippen LogP contribution is -2.08.